The number of hydrogen-bond acceptors (Lipinski definition) is 4. The van der Waals surface area contributed by atoms with Crippen LogP contribution in [-0.2, 0) is 14.6 Å². The van der Waals surface area contributed by atoms with Crippen molar-refractivity contribution >= 4 is 15.7 Å². The zero-order chi connectivity index (χ0) is 28.0. The zero-order valence-electron chi connectivity index (χ0n) is 22.4. The summed E-state index contributed by atoms with van der Waals surface area (Å²) < 4.78 is 50.6. The molecule has 3 aromatic carbocycles. The van der Waals surface area contributed by atoms with Crippen LogP contribution in [0.4, 0.5) is 8.78 Å². The van der Waals surface area contributed by atoms with Gasteiger partial charge in [0, 0.05) is 31.3 Å². The van der Waals surface area contributed by atoms with Crippen LogP contribution in [0.15, 0.2) is 77.7 Å². The number of nitrogens with zero attached hydrogens (tertiary/aromatic N) is 1. The Morgan fingerprint density at radius 3 is 1.82 bits per heavy atom. The van der Waals surface area contributed by atoms with Gasteiger partial charge in [-0.1, -0.05) is 43.3 Å². The molecule has 1 atom stereocenters. The molecule has 0 aliphatic carbocycles. The Morgan fingerprint density at radius 2 is 1.36 bits per heavy atom. The lowest BCUT2D eigenvalue weighted by atomic mass is 9.88. The summed E-state index contributed by atoms with van der Waals surface area (Å²) in [6, 6.07) is 19.7. The third-order valence-electron chi connectivity index (χ3n) is 7.65. The molecule has 1 saturated heterocycles. The summed E-state index contributed by atoms with van der Waals surface area (Å²) in [6.45, 7) is 4.50. The number of nitrogens with one attached hydrogen (secondary N) is 1. The third-order valence-corrected chi connectivity index (χ3v) is 8.78. The number of carbonyl (C=O) groups excluding carboxylic acids is 1. The summed E-state index contributed by atoms with van der Waals surface area (Å²) in [5.41, 5.74) is 2.81. The predicted molar refractivity (Wildman–Crippen MR) is 149 cm³/mol. The molecule has 4 rings (SSSR count). The fourth-order valence-corrected chi connectivity index (χ4v) is 5.98. The van der Waals surface area contributed by atoms with E-state index in [0.29, 0.717) is 6.42 Å². The van der Waals surface area contributed by atoms with Crippen LogP contribution in [0.25, 0.3) is 0 Å². The van der Waals surface area contributed by atoms with Crippen molar-refractivity contribution in [3.63, 3.8) is 0 Å². The molecule has 1 heterocycles. The number of piperidine rings is 1. The maximum absolute atomic E-state index is 13.5. The van der Waals surface area contributed by atoms with Crippen LogP contribution in [0, 0.1) is 11.6 Å². The molecule has 0 spiro atoms. The zero-order valence-corrected chi connectivity index (χ0v) is 23.3. The van der Waals surface area contributed by atoms with Crippen molar-refractivity contribution in [2.75, 3.05) is 25.9 Å². The minimum Gasteiger partial charge on any atom is -0.353 e. The van der Waals surface area contributed by atoms with Crippen molar-refractivity contribution in [2.24, 2.45) is 0 Å². The largest absolute Gasteiger partial charge is 0.353 e. The summed E-state index contributed by atoms with van der Waals surface area (Å²) in [5.74, 6) is -0.892. The van der Waals surface area contributed by atoms with Gasteiger partial charge in [0.15, 0.2) is 9.84 Å². The van der Waals surface area contributed by atoms with E-state index >= 15 is 0 Å². The molecule has 1 aliphatic heterocycles. The highest BCUT2D eigenvalue weighted by Crippen LogP contribution is 2.29. The van der Waals surface area contributed by atoms with E-state index in [2.05, 4.69) is 10.2 Å². The van der Waals surface area contributed by atoms with Gasteiger partial charge in [-0.2, -0.15) is 0 Å². The second-order valence-corrected chi connectivity index (χ2v) is 12.4. The first-order chi connectivity index (χ1) is 18.6. The molecule has 1 aliphatic rings. The third kappa shape index (κ3) is 7.73. The first-order valence-electron chi connectivity index (χ1n) is 13.5. The van der Waals surface area contributed by atoms with E-state index in [1.54, 1.807) is 48.5 Å². The number of benzene rings is 3. The molecule has 1 N–H and O–H groups in total. The molecule has 0 saturated carbocycles. The lowest BCUT2D eigenvalue weighted by molar-refractivity contribution is -0.123. The second kappa shape index (κ2) is 12.8. The van der Waals surface area contributed by atoms with Gasteiger partial charge in [-0.3, -0.25) is 4.79 Å². The molecule has 8 heteroatoms. The number of rotatable bonds is 10. The molecule has 0 radical (unpaired) electrons. The number of carbonyl (C=O) groups is 1. The van der Waals surface area contributed by atoms with Crippen LogP contribution in [0.3, 0.4) is 0 Å². The van der Waals surface area contributed by atoms with Crippen LogP contribution in [0.5, 0.6) is 0 Å². The van der Waals surface area contributed by atoms with Gasteiger partial charge >= 0.3 is 0 Å². The van der Waals surface area contributed by atoms with E-state index < -0.39 is 9.84 Å². The fraction of sp³-hybridized carbons (Fsp3) is 0.387. The Balaban J connectivity index is 1.32. The van der Waals surface area contributed by atoms with Crippen LogP contribution in [0.2, 0.25) is 0 Å². The molecule has 0 aromatic heterocycles. The molecule has 208 valence electrons. The predicted octanol–water partition coefficient (Wildman–Crippen LogP) is 5.66. The number of halogens is 2. The summed E-state index contributed by atoms with van der Waals surface area (Å²) in [7, 11) is -3.28. The van der Waals surface area contributed by atoms with Gasteiger partial charge < -0.3 is 10.2 Å². The smallest absolute Gasteiger partial charge is 0.227 e. The average Bonchev–Trinajstić information content (AvgIpc) is 2.92. The second-order valence-electron chi connectivity index (χ2n) is 10.4. The van der Waals surface area contributed by atoms with Gasteiger partial charge in [0.2, 0.25) is 5.91 Å². The Bertz CT molecular complexity index is 1290. The highest BCUT2D eigenvalue weighted by molar-refractivity contribution is 7.90. The topological polar surface area (TPSA) is 66.5 Å². The SMILES string of the molecule is CCC(C(=O)NC1CCN(CCC(c2ccc(F)cc2)c2ccc(F)cc2)CC1)c1ccc(S(C)(=O)=O)cc1. The van der Waals surface area contributed by atoms with Crippen molar-refractivity contribution < 1.29 is 22.0 Å². The molecule has 1 amide bonds. The Morgan fingerprint density at radius 1 is 0.872 bits per heavy atom. The standard InChI is InChI=1S/C31H36F2N2O3S/c1-3-29(22-8-14-28(15-9-22)39(2,37)38)31(36)34-27-16-19-35(20-17-27)21-18-30(23-4-10-25(32)11-5-23)24-6-12-26(33)13-7-24/h4-15,27,29-30H,3,16-21H2,1-2H3,(H,34,36). The van der Waals surface area contributed by atoms with Crippen molar-refractivity contribution in [1.82, 2.24) is 10.2 Å². The van der Waals surface area contributed by atoms with Crippen LogP contribution in [0.1, 0.15) is 61.1 Å². The summed E-state index contributed by atoms with van der Waals surface area (Å²) in [4.78, 5) is 15.7. The minimum absolute atomic E-state index is 0.0306. The molecule has 1 fully saturated rings. The van der Waals surface area contributed by atoms with Crippen molar-refractivity contribution in [3.05, 3.63) is 101 Å². The first kappa shape index (κ1) is 28.9. The van der Waals surface area contributed by atoms with E-state index in [4.69, 9.17) is 0 Å². The van der Waals surface area contributed by atoms with Crippen molar-refractivity contribution in [2.45, 2.75) is 55.4 Å². The summed E-state index contributed by atoms with van der Waals surface area (Å²) >= 11 is 0. The number of hydrogen-bond donors (Lipinski definition) is 1. The number of amides is 1. The van der Waals surface area contributed by atoms with E-state index in [1.165, 1.54) is 30.5 Å². The summed E-state index contributed by atoms with van der Waals surface area (Å²) in [5, 5.41) is 3.21. The van der Waals surface area contributed by atoms with Crippen LogP contribution >= 0.6 is 0 Å². The Hall–Kier alpha value is -3.10. The van der Waals surface area contributed by atoms with E-state index in [9.17, 15) is 22.0 Å². The molecule has 39 heavy (non-hydrogen) atoms. The average molecular weight is 555 g/mol. The van der Waals surface area contributed by atoms with Gasteiger partial charge in [0.1, 0.15) is 11.6 Å². The lowest BCUT2D eigenvalue weighted by Crippen LogP contribution is -2.46. The molecule has 0 bridgehead atoms. The number of sulfone groups is 1. The Kier molecular flexibility index (Phi) is 9.51. The van der Waals surface area contributed by atoms with Gasteiger partial charge in [-0.15, -0.1) is 0 Å². The van der Waals surface area contributed by atoms with Crippen molar-refractivity contribution in [3.8, 4) is 0 Å². The summed E-state index contributed by atoms with van der Waals surface area (Å²) in [6.07, 6.45) is 4.29. The van der Waals surface area contributed by atoms with Crippen LogP contribution < -0.4 is 5.32 Å². The molecule has 1 unspecified atom stereocenters. The highest BCUT2D eigenvalue weighted by Gasteiger charge is 2.26. The minimum atomic E-state index is -3.28. The van der Waals surface area contributed by atoms with Gasteiger partial charge in [0.05, 0.1) is 10.8 Å². The molecular weight excluding hydrogens is 518 g/mol. The molecule has 3 aromatic rings. The quantitative estimate of drug-likeness (QED) is 0.351. The maximum Gasteiger partial charge on any atom is 0.227 e. The first-order valence-corrected chi connectivity index (χ1v) is 15.4. The van der Waals surface area contributed by atoms with Crippen molar-refractivity contribution in [1.29, 1.82) is 0 Å². The van der Waals surface area contributed by atoms with Crippen LogP contribution in [-0.4, -0.2) is 51.2 Å². The Labute approximate surface area is 230 Å². The number of likely N-dealkylation sites (tertiary alicyclic amines) is 1. The van der Waals surface area contributed by atoms with E-state index in [1.807, 2.05) is 6.92 Å². The normalized spacial score (nSPS) is 15.8. The molecule has 5 nitrogen and oxygen atoms in total. The maximum atomic E-state index is 13.5. The highest BCUT2D eigenvalue weighted by atomic mass is 32.2. The lowest BCUT2D eigenvalue weighted by Gasteiger charge is -2.34. The van der Waals surface area contributed by atoms with Gasteiger partial charge in [-0.25, -0.2) is 17.2 Å². The van der Waals surface area contributed by atoms with E-state index in [-0.39, 0.29) is 40.3 Å². The van der Waals surface area contributed by atoms with E-state index in [0.717, 1.165) is 55.6 Å². The molecular formula is C31H36F2N2O3S. The van der Waals surface area contributed by atoms with Gasteiger partial charge in [-0.05, 0) is 85.3 Å². The van der Waals surface area contributed by atoms with Gasteiger partial charge in [0.25, 0.3) is 0 Å². The fourth-order valence-electron chi connectivity index (χ4n) is 5.35. The monoisotopic (exact) mass is 554 g/mol.